The summed E-state index contributed by atoms with van der Waals surface area (Å²) in [6, 6.07) is 22.3. The molecule has 0 radical (unpaired) electrons. The van der Waals surface area contributed by atoms with Crippen molar-refractivity contribution in [3.8, 4) is 11.5 Å². The van der Waals surface area contributed by atoms with Crippen LogP contribution in [0.1, 0.15) is 70.9 Å². The van der Waals surface area contributed by atoms with Crippen LogP contribution in [0.3, 0.4) is 0 Å². The molecule has 52 heavy (non-hydrogen) atoms. The van der Waals surface area contributed by atoms with E-state index in [4.69, 9.17) is 18.9 Å². The summed E-state index contributed by atoms with van der Waals surface area (Å²) in [7, 11) is 1.54. The van der Waals surface area contributed by atoms with E-state index in [-0.39, 0.29) is 37.3 Å². The molecule has 1 fully saturated rings. The standard InChI is InChI=1S/C40H48N4O8/c1-6-40(36(46)44(38(48)52-39(2,3)4)22-21-41-37(47)50-26-29-15-11-8-12-16-29)19-17-30(18-20-40)51-34-23-31-32(24-33(34)49-5)42-27-43(35(31)45)25-28-13-9-7-10-14-28/h7-16,23-24,27,30H,6,17-22,25-26H2,1-5H3,(H,41,47). The monoisotopic (exact) mass is 712 g/mol. The van der Waals surface area contributed by atoms with Crippen LogP contribution in [-0.4, -0.2) is 64.4 Å². The quantitative estimate of drug-likeness (QED) is 0.167. The number of imide groups is 1. The molecule has 5 rings (SSSR count). The Kier molecular flexibility index (Phi) is 12.2. The first-order valence-electron chi connectivity index (χ1n) is 17.7. The third-order valence-corrected chi connectivity index (χ3v) is 9.30. The molecule has 0 aliphatic heterocycles. The first kappa shape index (κ1) is 37.9. The lowest BCUT2D eigenvalue weighted by atomic mass is 9.70. The van der Waals surface area contributed by atoms with E-state index in [0.717, 1.165) is 16.0 Å². The summed E-state index contributed by atoms with van der Waals surface area (Å²) in [4.78, 5) is 59.2. The molecular formula is C40H48N4O8. The van der Waals surface area contributed by atoms with Crippen molar-refractivity contribution in [3.63, 3.8) is 0 Å². The molecule has 1 aliphatic rings. The summed E-state index contributed by atoms with van der Waals surface area (Å²) < 4.78 is 24.6. The van der Waals surface area contributed by atoms with E-state index < -0.39 is 23.2 Å². The van der Waals surface area contributed by atoms with Crippen LogP contribution >= 0.6 is 0 Å². The van der Waals surface area contributed by atoms with Crippen molar-refractivity contribution in [1.29, 1.82) is 0 Å². The number of alkyl carbamates (subject to hydrolysis) is 1. The fourth-order valence-electron chi connectivity index (χ4n) is 6.39. The van der Waals surface area contributed by atoms with Crippen molar-refractivity contribution in [3.05, 3.63) is 101 Å². The number of benzene rings is 3. The van der Waals surface area contributed by atoms with E-state index in [1.54, 1.807) is 37.5 Å². The Balaban J connectivity index is 1.26. The van der Waals surface area contributed by atoms with Crippen LogP contribution in [0.4, 0.5) is 9.59 Å². The number of carbonyl (C=O) groups is 3. The summed E-state index contributed by atoms with van der Waals surface area (Å²) in [6.07, 6.45) is 2.31. The van der Waals surface area contributed by atoms with E-state index in [1.165, 1.54) is 13.4 Å². The third-order valence-electron chi connectivity index (χ3n) is 9.30. The van der Waals surface area contributed by atoms with Gasteiger partial charge in [-0.05, 0) is 70.1 Å². The lowest BCUT2D eigenvalue weighted by Gasteiger charge is -2.41. The van der Waals surface area contributed by atoms with Gasteiger partial charge >= 0.3 is 12.2 Å². The van der Waals surface area contributed by atoms with Crippen LogP contribution in [0.2, 0.25) is 0 Å². The van der Waals surface area contributed by atoms with Gasteiger partial charge in [0, 0.05) is 24.6 Å². The molecule has 1 aliphatic carbocycles. The lowest BCUT2D eigenvalue weighted by molar-refractivity contribution is -0.144. The van der Waals surface area contributed by atoms with Crippen molar-refractivity contribution in [2.24, 2.45) is 5.41 Å². The van der Waals surface area contributed by atoms with Crippen LogP contribution in [-0.2, 0) is 27.4 Å². The van der Waals surface area contributed by atoms with Crippen LogP contribution in [0, 0.1) is 5.41 Å². The van der Waals surface area contributed by atoms with E-state index in [9.17, 15) is 19.2 Å². The van der Waals surface area contributed by atoms with Crippen molar-refractivity contribution in [2.75, 3.05) is 20.2 Å². The number of carbonyl (C=O) groups excluding carboxylic acids is 3. The second-order valence-corrected chi connectivity index (χ2v) is 14.1. The van der Waals surface area contributed by atoms with Crippen LogP contribution in [0.15, 0.2) is 83.9 Å². The molecule has 1 N–H and O–H groups in total. The molecular weight excluding hydrogens is 664 g/mol. The zero-order valence-electron chi connectivity index (χ0n) is 30.6. The predicted octanol–water partition coefficient (Wildman–Crippen LogP) is 6.86. The summed E-state index contributed by atoms with van der Waals surface area (Å²) in [5.41, 5.74) is 0.454. The normalized spacial score (nSPS) is 17.2. The number of nitrogens with one attached hydrogen (secondary N) is 1. The van der Waals surface area contributed by atoms with E-state index in [1.807, 2.05) is 67.6 Å². The van der Waals surface area contributed by atoms with Gasteiger partial charge in [0.05, 0.1) is 37.0 Å². The Labute approximate surface area is 304 Å². The van der Waals surface area contributed by atoms with Gasteiger partial charge in [-0.15, -0.1) is 0 Å². The highest BCUT2D eigenvalue weighted by atomic mass is 16.6. The van der Waals surface area contributed by atoms with Gasteiger partial charge in [-0.2, -0.15) is 0 Å². The van der Waals surface area contributed by atoms with Crippen LogP contribution in [0.25, 0.3) is 10.9 Å². The SMILES string of the molecule is CCC1(C(=O)N(CCNC(=O)OCc2ccccc2)C(=O)OC(C)(C)C)CCC(Oc2cc3c(=O)n(Cc4ccccc4)cnc3cc2OC)CC1. The zero-order valence-corrected chi connectivity index (χ0v) is 30.6. The average molecular weight is 713 g/mol. The molecule has 3 amide bonds. The second-order valence-electron chi connectivity index (χ2n) is 14.1. The molecule has 0 atom stereocenters. The topological polar surface area (TPSA) is 138 Å². The molecule has 0 bridgehead atoms. The fraction of sp³-hybridized carbons (Fsp3) is 0.425. The summed E-state index contributed by atoms with van der Waals surface area (Å²) in [5, 5.41) is 3.05. The maximum atomic E-state index is 14.3. The molecule has 12 heteroatoms. The Hall–Kier alpha value is -5.39. The number of rotatable bonds is 12. The molecule has 12 nitrogen and oxygen atoms in total. The highest BCUT2D eigenvalue weighted by Crippen LogP contribution is 2.43. The highest BCUT2D eigenvalue weighted by Gasteiger charge is 2.45. The second kappa shape index (κ2) is 16.8. The maximum absolute atomic E-state index is 14.3. The Bertz CT molecular complexity index is 1900. The molecule has 4 aromatic rings. The first-order chi connectivity index (χ1) is 24.9. The Morgan fingerprint density at radius 1 is 0.962 bits per heavy atom. The number of amides is 3. The van der Waals surface area contributed by atoms with Gasteiger partial charge in [0.2, 0.25) is 5.91 Å². The zero-order chi connectivity index (χ0) is 37.3. The third kappa shape index (κ3) is 9.48. The molecule has 1 aromatic heterocycles. The summed E-state index contributed by atoms with van der Waals surface area (Å²) in [5.74, 6) is 0.525. The van der Waals surface area contributed by atoms with Gasteiger partial charge < -0.3 is 24.3 Å². The Morgan fingerprint density at radius 3 is 2.23 bits per heavy atom. The lowest BCUT2D eigenvalue weighted by Crippen LogP contribution is -2.52. The predicted molar refractivity (Wildman–Crippen MR) is 196 cm³/mol. The smallest absolute Gasteiger partial charge is 0.417 e. The van der Waals surface area contributed by atoms with Gasteiger partial charge in [-0.25, -0.2) is 19.5 Å². The van der Waals surface area contributed by atoms with Gasteiger partial charge in [0.15, 0.2) is 11.5 Å². The maximum Gasteiger partial charge on any atom is 0.417 e. The number of hydrogen-bond donors (Lipinski definition) is 1. The average Bonchev–Trinajstić information content (AvgIpc) is 3.14. The number of hydrogen-bond acceptors (Lipinski definition) is 9. The van der Waals surface area contributed by atoms with E-state index >= 15 is 0 Å². The molecule has 0 saturated heterocycles. The van der Waals surface area contributed by atoms with Gasteiger partial charge in [-0.1, -0.05) is 67.6 Å². The largest absolute Gasteiger partial charge is 0.493 e. The van der Waals surface area contributed by atoms with Crippen molar-refractivity contribution < 1.29 is 33.3 Å². The highest BCUT2D eigenvalue weighted by molar-refractivity contribution is 5.95. The molecule has 0 unspecified atom stereocenters. The minimum absolute atomic E-state index is 0.00615. The number of nitrogens with zero attached hydrogens (tertiary/aromatic N) is 3. The van der Waals surface area contributed by atoms with Crippen molar-refractivity contribution >= 4 is 29.0 Å². The van der Waals surface area contributed by atoms with Crippen LogP contribution in [0.5, 0.6) is 11.5 Å². The number of methoxy groups -OCH3 is 1. The van der Waals surface area contributed by atoms with Crippen molar-refractivity contribution in [1.82, 2.24) is 19.8 Å². The molecule has 1 saturated carbocycles. The number of fused-ring (bicyclic) bond motifs is 1. The number of ether oxygens (including phenoxy) is 4. The number of aromatic nitrogens is 2. The van der Waals surface area contributed by atoms with E-state index in [0.29, 0.717) is 61.1 Å². The summed E-state index contributed by atoms with van der Waals surface area (Å²) >= 11 is 0. The molecule has 0 spiro atoms. The van der Waals surface area contributed by atoms with Gasteiger partial charge in [-0.3, -0.25) is 14.2 Å². The van der Waals surface area contributed by atoms with Crippen molar-refractivity contribution in [2.45, 2.75) is 84.7 Å². The van der Waals surface area contributed by atoms with Gasteiger partial charge in [0.1, 0.15) is 12.2 Å². The van der Waals surface area contributed by atoms with Crippen LogP contribution < -0.4 is 20.3 Å². The molecule has 276 valence electrons. The minimum Gasteiger partial charge on any atom is -0.493 e. The van der Waals surface area contributed by atoms with E-state index in [2.05, 4.69) is 10.3 Å². The first-order valence-corrected chi connectivity index (χ1v) is 17.7. The summed E-state index contributed by atoms with van der Waals surface area (Å²) in [6.45, 7) is 7.54. The minimum atomic E-state index is -0.840. The Morgan fingerprint density at radius 2 is 1.62 bits per heavy atom. The fourth-order valence-corrected chi connectivity index (χ4v) is 6.39. The molecule has 1 heterocycles. The molecule has 3 aromatic carbocycles. The van der Waals surface area contributed by atoms with Gasteiger partial charge in [0.25, 0.3) is 5.56 Å².